The molecule has 1 aromatic heterocycles. The summed E-state index contributed by atoms with van der Waals surface area (Å²) in [4.78, 5) is 23.4. The zero-order valence-corrected chi connectivity index (χ0v) is 18.6. The highest BCUT2D eigenvalue weighted by atomic mass is 16.5. The predicted octanol–water partition coefficient (Wildman–Crippen LogP) is 4.09. The lowest BCUT2D eigenvalue weighted by molar-refractivity contribution is -0.120. The van der Waals surface area contributed by atoms with Gasteiger partial charge >= 0.3 is 0 Å². The molecular weight excluding hydrogens is 406 g/mol. The van der Waals surface area contributed by atoms with Gasteiger partial charge in [-0.3, -0.25) is 4.79 Å². The molecule has 2 aromatic carbocycles. The van der Waals surface area contributed by atoms with E-state index in [-0.39, 0.29) is 12.3 Å². The first-order valence-electron chi connectivity index (χ1n) is 11.5. The number of benzene rings is 2. The molecule has 1 heterocycles. The molecule has 1 aliphatic rings. The standard InChI is InChI=1S/C25H31N3O4/c1-26-23(30)12-8-18(16-29)25-24-21-10-9-20(15-17(21)7-11-22(24)32-28-25)31-14-13-27-19-5-3-2-4-6-19/h7,9-11,15-16,18-19,27H,2-6,8,12-14H2,1H3,(H,26,30). The Morgan fingerprint density at radius 2 is 2.09 bits per heavy atom. The number of carbonyl (C=O) groups excluding carboxylic acids is 2. The molecule has 7 heteroatoms. The van der Waals surface area contributed by atoms with Crippen molar-refractivity contribution in [3.05, 3.63) is 36.0 Å². The maximum absolute atomic E-state index is 11.8. The highest BCUT2D eigenvalue weighted by molar-refractivity contribution is 6.08. The molecule has 32 heavy (non-hydrogen) atoms. The lowest BCUT2D eigenvalue weighted by Gasteiger charge is -2.22. The van der Waals surface area contributed by atoms with Crippen LogP contribution in [0, 0.1) is 0 Å². The third-order valence-corrected chi connectivity index (χ3v) is 6.34. The fourth-order valence-corrected chi connectivity index (χ4v) is 4.53. The number of ether oxygens (including phenoxy) is 1. The second-order valence-corrected chi connectivity index (χ2v) is 8.48. The molecule has 2 N–H and O–H groups in total. The van der Waals surface area contributed by atoms with Gasteiger partial charge in [-0.1, -0.05) is 30.5 Å². The first kappa shape index (κ1) is 22.3. The van der Waals surface area contributed by atoms with Crippen LogP contribution in [0.4, 0.5) is 0 Å². The van der Waals surface area contributed by atoms with Crippen molar-refractivity contribution in [1.29, 1.82) is 0 Å². The van der Waals surface area contributed by atoms with Crippen molar-refractivity contribution in [2.45, 2.75) is 56.9 Å². The average molecular weight is 438 g/mol. The minimum atomic E-state index is -0.499. The number of nitrogens with one attached hydrogen (secondary N) is 2. The first-order chi connectivity index (χ1) is 15.7. The van der Waals surface area contributed by atoms with E-state index >= 15 is 0 Å². The van der Waals surface area contributed by atoms with Crippen molar-refractivity contribution in [2.24, 2.45) is 0 Å². The van der Waals surface area contributed by atoms with Crippen molar-refractivity contribution in [3.8, 4) is 5.75 Å². The lowest BCUT2D eigenvalue weighted by atomic mass is 9.95. The minimum absolute atomic E-state index is 0.103. The molecule has 0 aliphatic heterocycles. The van der Waals surface area contributed by atoms with E-state index in [1.807, 2.05) is 30.3 Å². The zero-order chi connectivity index (χ0) is 22.3. The Kier molecular flexibility index (Phi) is 7.37. The zero-order valence-electron chi connectivity index (χ0n) is 18.6. The quantitative estimate of drug-likeness (QED) is 0.367. The Bertz CT molecular complexity index is 1070. The minimum Gasteiger partial charge on any atom is -0.492 e. The summed E-state index contributed by atoms with van der Waals surface area (Å²) in [5, 5.41) is 13.1. The molecular formula is C25H31N3O4. The predicted molar refractivity (Wildman–Crippen MR) is 124 cm³/mol. The summed E-state index contributed by atoms with van der Waals surface area (Å²) in [5.74, 6) is 0.210. The molecule has 1 atom stereocenters. The van der Waals surface area contributed by atoms with Gasteiger partial charge in [0.2, 0.25) is 5.91 Å². The van der Waals surface area contributed by atoms with Crippen LogP contribution in [0.5, 0.6) is 5.75 Å². The highest BCUT2D eigenvalue weighted by Crippen LogP contribution is 2.34. The van der Waals surface area contributed by atoms with Gasteiger partial charge in [0, 0.05) is 26.1 Å². The summed E-state index contributed by atoms with van der Waals surface area (Å²) >= 11 is 0. The molecule has 0 saturated heterocycles. The van der Waals surface area contributed by atoms with E-state index in [1.165, 1.54) is 32.1 Å². The second kappa shape index (κ2) is 10.6. The van der Waals surface area contributed by atoms with Crippen LogP contribution in [0.2, 0.25) is 0 Å². The van der Waals surface area contributed by atoms with Crippen LogP contribution in [0.15, 0.2) is 34.9 Å². The number of nitrogens with zero attached hydrogens (tertiary/aromatic N) is 1. The topological polar surface area (TPSA) is 93.5 Å². The Balaban J connectivity index is 1.47. The number of aromatic nitrogens is 1. The monoisotopic (exact) mass is 437 g/mol. The average Bonchev–Trinajstić information content (AvgIpc) is 3.27. The Labute approximate surface area is 187 Å². The van der Waals surface area contributed by atoms with E-state index in [2.05, 4.69) is 15.8 Å². The van der Waals surface area contributed by atoms with E-state index in [4.69, 9.17) is 9.26 Å². The molecule has 0 bridgehead atoms. The van der Waals surface area contributed by atoms with Crippen LogP contribution in [0.25, 0.3) is 21.7 Å². The lowest BCUT2D eigenvalue weighted by Crippen LogP contribution is -2.34. The van der Waals surface area contributed by atoms with Crippen molar-refractivity contribution in [3.63, 3.8) is 0 Å². The Morgan fingerprint density at radius 1 is 1.25 bits per heavy atom. The number of carbonyl (C=O) groups is 2. The second-order valence-electron chi connectivity index (χ2n) is 8.48. The van der Waals surface area contributed by atoms with Crippen molar-refractivity contribution in [2.75, 3.05) is 20.2 Å². The maximum Gasteiger partial charge on any atom is 0.219 e. The van der Waals surface area contributed by atoms with Gasteiger partial charge in [-0.25, -0.2) is 0 Å². The molecule has 4 rings (SSSR count). The molecule has 0 spiro atoms. The molecule has 3 aromatic rings. The number of rotatable bonds is 10. The summed E-state index contributed by atoms with van der Waals surface area (Å²) in [6.07, 6.45) is 8.00. The molecule has 1 aliphatic carbocycles. The summed E-state index contributed by atoms with van der Waals surface area (Å²) < 4.78 is 11.5. The number of fused-ring (bicyclic) bond motifs is 3. The van der Waals surface area contributed by atoms with Gasteiger partial charge in [0.15, 0.2) is 5.58 Å². The molecule has 170 valence electrons. The molecule has 1 amide bonds. The van der Waals surface area contributed by atoms with E-state index < -0.39 is 5.92 Å². The highest BCUT2D eigenvalue weighted by Gasteiger charge is 2.21. The largest absolute Gasteiger partial charge is 0.492 e. The van der Waals surface area contributed by atoms with E-state index in [0.717, 1.165) is 34.7 Å². The number of hydrogen-bond donors (Lipinski definition) is 2. The van der Waals surface area contributed by atoms with Crippen molar-refractivity contribution < 1.29 is 18.8 Å². The van der Waals surface area contributed by atoms with Gasteiger partial charge < -0.3 is 24.7 Å². The van der Waals surface area contributed by atoms with Gasteiger partial charge in [0.05, 0.1) is 11.3 Å². The van der Waals surface area contributed by atoms with E-state index in [1.54, 1.807) is 7.05 Å². The Hall–Kier alpha value is -2.93. The fraction of sp³-hybridized carbons (Fsp3) is 0.480. The van der Waals surface area contributed by atoms with Crippen LogP contribution in [-0.4, -0.2) is 43.6 Å². The van der Waals surface area contributed by atoms with Crippen LogP contribution in [-0.2, 0) is 9.59 Å². The smallest absolute Gasteiger partial charge is 0.219 e. The molecule has 0 radical (unpaired) electrons. The van der Waals surface area contributed by atoms with Crippen molar-refractivity contribution in [1.82, 2.24) is 15.8 Å². The third kappa shape index (κ3) is 5.10. The van der Waals surface area contributed by atoms with Crippen LogP contribution < -0.4 is 15.4 Å². The first-order valence-corrected chi connectivity index (χ1v) is 11.5. The van der Waals surface area contributed by atoms with E-state index in [0.29, 0.717) is 30.3 Å². The van der Waals surface area contributed by atoms with Crippen molar-refractivity contribution >= 4 is 33.9 Å². The molecule has 1 saturated carbocycles. The third-order valence-electron chi connectivity index (χ3n) is 6.34. The summed E-state index contributed by atoms with van der Waals surface area (Å²) in [5.41, 5.74) is 1.21. The normalized spacial score (nSPS) is 15.7. The van der Waals surface area contributed by atoms with E-state index in [9.17, 15) is 9.59 Å². The maximum atomic E-state index is 11.8. The SMILES string of the molecule is CNC(=O)CCC(C=O)c1noc2ccc3cc(OCCNC4CCCCC4)ccc3c12. The number of aldehydes is 1. The van der Waals surface area contributed by atoms with Gasteiger partial charge in [-0.2, -0.15) is 0 Å². The summed E-state index contributed by atoms with van der Waals surface area (Å²) in [7, 11) is 1.59. The fourth-order valence-electron chi connectivity index (χ4n) is 4.53. The van der Waals surface area contributed by atoms with Gasteiger partial charge in [-0.05, 0) is 54.3 Å². The Morgan fingerprint density at radius 3 is 2.88 bits per heavy atom. The molecule has 1 fully saturated rings. The number of hydrogen-bond acceptors (Lipinski definition) is 6. The van der Waals surface area contributed by atoms with Gasteiger partial charge in [-0.15, -0.1) is 0 Å². The summed E-state index contributed by atoms with van der Waals surface area (Å²) in [6.45, 7) is 1.46. The molecule has 7 nitrogen and oxygen atoms in total. The van der Waals surface area contributed by atoms with Gasteiger partial charge in [0.25, 0.3) is 0 Å². The van der Waals surface area contributed by atoms with Crippen LogP contribution >= 0.6 is 0 Å². The van der Waals surface area contributed by atoms with Crippen LogP contribution in [0.3, 0.4) is 0 Å². The molecule has 1 unspecified atom stereocenters. The van der Waals surface area contributed by atoms with Gasteiger partial charge in [0.1, 0.15) is 24.3 Å². The van der Waals surface area contributed by atoms with Crippen LogP contribution in [0.1, 0.15) is 56.6 Å². The summed E-state index contributed by atoms with van der Waals surface area (Å²) in [6, 6.07) is 10.4. The number of amides is 1.